The molecule has 0 fully saturated rings. The van der Waals surface area contributed by atoms with Crippen LogP contribution in [0.5, 0.6) is 0 Å². The van der Waals surface area contributed by atoms with E-state index in [0.717, 1.165) is 17.3 Å². The maximum atomic E-state index is 9.24. The molecule has 0 bridgehead atoms. The number of halogens is 2. The van der Waals surface area contributed by atoms with Crippen LogP contribution in [0, 0.1) is 0 Å². The minimum absolute atomic E-state index is 0.313. The first kappa shape index (κ1) is 11.0. The van der Waals surface area contributed by atoms with Gasteiger partial charge in [-0.1, -0.05) is 28.1 Å². The summed E-state index contributed by atoms with van der Waals surface area (Å²) in [7, 11) is 0. The summed E-state index contributed by atoms with van der Waals surface area (Å²) in [5, 5.41) is 9.24. The van der Waals surface area contributed by atoms with Gasteiger partial charge < -0.3 is 5.11 Å². The molecule has 0 radical (unpaired) electrons. The van der Waals surface area contributed by atoms with Gasteiger partial charge in [0.1, 0.15) is 0 Å². The topological polar surface area (TPSA) is 20.2 Å². The van der Waals surface area contributed by atoms with Crippen LogP contribution in [-0.4, -0.2) is 17.1 Å². The SMILES string of the molecule is OC(CCl)CCc1cccc(Br)c1. The summed E-state index contributed by atoms with van der Waals surface area (Å²) in [4.78, 5) is 0. The lowest BCUT2D eigenvalue weighted by molar-refractivity contribution is 0.188. The van der Waals surface area contributed by atoms with Crippen molar-refractivity contribution in [2.24, 2.45) is 0 Å². The first-order valence-corrected chi connectivity index (χ1v) is 5.53. The van der Waals surface area contributed by atoms with E-state index in [0.29, 0.717) is 5.88 Å². The minimum Gasteiger partial charge on any atom is -0.392 e. The van der Waals surface area contributed by atoms with E-state index in [2.05, 4.69) is 22.0 Å². The lowest BCUT2D eigenvalue weighted by atomic mass is 10.1. The molecule has 1 atom stereocenters. The second kappa shape index (κ2) is 5.63. The zero-order valence-corrected chi connectivity index (χ0v) is 9.55. The monoisotopic (exact) mass is 262 g/mol. The van der Waals surface area contributed by atoms with Crippen LogP contribution in [0.15, 0.2) is 28.7 Å². The standard InChI is InChI=1S/C10H12BrClO/c11-9-3-1-2-8(6-9)4-5-10(13)7-12/h1-3,6,10,13H,4-5,7H2. The zero-order chi connectivity index (χ0) is 9.68. The van der Waals surface area contributed by atoms with Gasteiger partial charge in [0.2, 0.25) is 0 Å². The highest BCUT2D eigenvalue weighted by Gasteiger charge is 2.02. The minimum atomic E-state index is -0.388. The molecule has 1 nitrogen and oxygen atoms in total. The van der Waals surface area contributed by atoms with Crippen molar-refractivity contribution in [3.8, 4) is 0 Å². The van der Waals surface area contributed by atoms with Crippen molar-refractivity contribution in [1.82, 2.24) is 0 Å². The normalized spacial score (nSPS) is 12.8. The predicted octanol–water partition coefficient (Wildman–Crippen LogP) is 2.98. The Balaban J connectivity index is 2.45. The maximum absolute atomic E-state index is 9.24. The Hall–Kier alpha value is -0.0500. The van der Waals surface area contributed by atoms with Crippen molar-refractivity contribution < 1.29 is 5.11 Å². The molecule has 0 heterocycles. The van der Waals surface area contributed by atoms with E-state index in [1.54, 1.807) is 0 Å². The molecule has 0 aliphatic rings. The van der Waals surface area contributed by atoms with E-state index in [9.17, 15) is 5.11 Å². The Kier molecular flexibility index (Phi) is 4.78. The molecular weight excluding hydrogens is 251 g/mol. The van der Waals surface area contributed by atoms with Crippen molar-refractivity contribution in [3.05, 3.63) is 34.3 Å². The summed E-state index contributed by atoms with van der Waals surface area (Å²) in [6, 6.07) is 8.08. The highest BCUT2D eigenvalue weighted by molar-refractivity contribution is 9.10. The number of alkyl halides is 1. The number of aliphatic hydroxyl groups excluding tert-OH is 1. The average Bonchev–Trinajstić information content (AvgIpc) is 2.14. The highest BCUT2D eigenvalue weighted by atomic mass is 79.9. The van der Waals surface area contributed by atoms with Gasteiger partial charge in [-0.25, -0.2) is 0 Å². The summed E-state index contributed by atoms with van der Waals surface area (Å²) in [5.74, 6) is 0.313. The van der Waals surface area contributed by atoms with Crippen molar-refractivity contribution in [2.75, 3.05) is 5.88 Å². The zero-order valence-electron chi connectivity index (χ0n) is 7.21. The average molecular weight is 264 g/mol. The van der Waals surface area contributed by atoms with Gasteiger partial charge in [-0.15, -0.1) is 11.6 Å². The lowest BCUT2D eigenvalue weighted by Crippen LogP contribution is -2.09. The van der Waals surface area contributed by atoms with Crippen LogP contribution in [0.1, 0.15) is 12.0 Å². The number of rotatable bonds is 4. The third-order valence-corrected chi connectivity index (χ3v) is 2.68. The molecular formula is C10H12BrClO. The van der Waals surface area contributed by atoms with Gasteiger partial charge in [0.25, 0.3) is 0 Å². The van der Waals surface area contributed by atoms with Gasteiger partial charge in [-0.3, -0.25) is 0 Å². The van der Waals surface area contributed by atoms with Crippen molar-refractivity contribution in [2.45, 2.75) is 18.9 Å². The summed E-state index contributed by atoms with van der Waals surface area (Å²) in [6.45, 7) is 0. The lowest BCUT2D eigenvalue weighted by Gasteiger charge is -2.06. The molecule has 72 valence electrons. The van der Waals surface area contributed by atoms with Gasteiger partial charge in [0.05, 0.1) is 6.10 Å². The molecule has 1 aromatic rings. The van der Waals surface area contributed by atoms with E-state index in [-0.39, 0.29) is 6.10 Å². The van der Waals surface area contributed by atoms with Gasteiger partial charge in [0, 0.05) is 10.4 Å². The third-order valence-electron chi connectivity index (χ3n) is 1.83. The van der Waals surface area contributed by atoms with Gasteiger partial charge >= 0.3 is 0 Å². The fraction of sp³-hybridized carbons (Fsp3) is 0.400. The molecule has 13 heavy (non-hydrogen) atoms. The fourth-order valence-electron chi connectivity index (χ4n) is 1.10. The summed E-state index contributed by atoms with van der Waals surface area (Å²) in [6.07, 6.45) is 1.20. The Bertz CT molecular complexity index is 265. The highest BCUT2D eigenvalue weighted by Crippen LogP contribution is 2.13. The number of hydrogen-bond donors (Lipinski definition) is 1. The molecule has 0 aliphatic carbocycles. The molecule has 1 rings (SSSR count). The molecule has 1 unspecified atom stereocenters. The van der Waals surface area contributed by atoms with Crippen LogP contribution in [0.4, 0.5) is 0 Å². The van der Waals surface area contributed by atoms with Crippen LogP contribution < -0.4 is 0 Å². The Morgan fingerprint density at radius 2 is 2.23 bits per heavy atom. The summed E-state index contributed by atoms with van der Waals surface area (Å²) in [5.41, 5.74) is 1.22. The Morgan fingerprint density at radius 1 is 1.46 bits per heavy atom. The van der Waals surface area contributed by atoms with Crippen LogP contribution in [0.2, 0.25) is 0 Å². The number of hydrogen-bond acceptors (Lipinski definition) is 1. The molecule has 0 saturated heterocycles. The molecule has 1 N–H and O–H groups in total. The Morgan fingerprint density at radius 3 is 2.85 bits per heavy atom. The summed E-state index contributed by atoms with van der Waals surface area (Å²) < 4.78 is 1.07. The van der Waals surface area contributed by atoms with Crippen molar-refractivity contribution in [3.63, 3.8) is 0 Å². The summed E-state index contributed by atoms with van der Waals surface area (Å²) >= 11 is 8.89. The molecule has 0 saturated carbocycles. The number of benzene rings is 1. The van der Waals surface area contributed by atoms with E-state index < -0.39 is 0 Å². The smallest absolute Gasteiger partial charge is 0.0678 e. The predicted molar refractivity (Wildman–Crippen MR) is 59.2 cm³/mol. The van der Waals surface area contributed by atoms with Crippen LogP contribution >= 0.6 is 27.5 Å². The molecule has 0 amide bonds. The maximum Gasteiger partial charge on any atom is 0.0678 e. The first-order valence-electron chi connectivity index (χ1n) is 4.21. The first-order chi connectivity index (χ1) is 6.22. The van der Waals surface area contributed by atoms with Crippen LogP contribution in [-0.2, 0) is 6.42 Å². The largest absolute Gasteiger partial charge is 0.392 e. The van der Waals surface area contributed by atoms with E-state index in [4.69, 9.17) is 11.6 Å². The van der Waals surface area contributed by atoms with E-state index in [1.807, 2.05) is 18.2 Å². The van der Waals surface area contributed by atoms with Crippen molar-refractivity contribution >= 4 is 27.5 Å². The Labute approximate surface area is 91.9 Å². The van der Waals surface area contributed by atoms with E-state index in [1.165, 1.54) is 5.56 Å². The second-order valence-corrected chi connectivity index (χ2v) is 4.20. The number of aliphatic hydroxyl groups is 1. The van der Waals surface area contributed by atoms with E-state index >= 15 is 0 Å². The molecule has 3 heteroatoms. The molecule has 0 aromatic heterocycles. The molecule has 0 spiro atoms. The second-order valence-electron chi connectivity index (χ2n) is 2.98. The molecule has 0 aliphatic heterocycles. The van der Waals surface area contributed by atoms with Crippen molar-refractivity contribution in [1.29, 1.82) is 0 Å². The van der Waals surface area contributed by atoms with Gasteiger partial charge in [0.15, 0.2) is 0 Å². The van der Waals surface area contributed by atoms with Gasteiger partial charge in [-0.05, 0) is 30.5 Å². The van der Waals surface area contributed by atoms with Crippen LogP contribution in [0.3, 0.4) is 0 Å². The van der Waals surface area contributed by atoms with Crippen LogP contribution in [0.25, 0.3) is 0 Å². The fourth-order valence-corrected chi connectivity index (χ4v) is 1.70. The van der Waals surface area contributed by atoms with Gasteiger partial charge in [-0.2, -0.15) is 0 Å². The molecule has 1 aromatic carbocycles. The third kappa shape index (κ3) is 4.12. The quantitative estimate of drug-likeness (QED) is 0.828. The number of aryl methyl sites for hydroxylation is 1.